The molecule has 0 fully saturated rings. The summed E-state index contributed by atoms with van der Waals surface area (Å²) in [6, 6.07) is 26.1. The van der Waals surface area contributed by atoms with Gasteiger partial charge in [0.05, 0.1) is 11.6 Å². The third-order valence-corrected chi connectivity index (χ3v) is 7.69. The van der Waals surface area contributed by atoms with Gasteiger partial charge in [-0.05, 0) is 90.4 Å². The number of unbranched alkanes of at least 4 members (excludes halogenated alkanes) is 4. The lowest BCUT2D eigenvalue weighted by atomic mass is 10.0. The van der Waals surface area contributed by atoms with Crippen LogP contribution in [0.3, 0.4) is 0 Å². The molecular formula is C39H51N3. The average Bonchev–Trinajstić information content (AvgIpc) is 3.03. The molecule has 0 atom stereocenters. The van der Waals surface area contributed by atoms with E-state index in [1.165, 1.54) is 62.7 Å². The highest BCUT2D eigenvalue weighted by Crippen LogP contribution is 2.21. The summed E-state index contributed by atoms with van der Waals surface area (Å²) in [4.78, 5) is 5.02. The van der Waals surface area contributed by atoms with Crippen molar-refractivity contribution in [1.82, 2.24) is 0 Å². The fourth-order valence-electron chi connectivity index (χ4n) is 5.05. The van der Waals surface area contributed by atoms with Crippen LogP contribution in [0, 0.1) is 11.3 Å². The van der Waals surface area contributed by atoms with E-state index in [-0.39, 0.29) is 0 Å². The summed E-state index contributed by atoms with van der Waals surface area (Å²) >= 11 is 0. The van der Waals surface area contributed by atoms with Crippen molar-refractivity contribution in [1.29, 1.82) is 5.26 Å². The predicted molar refractivity (Wildman–Crippen MR) is 186 cm³/mol. The van der Waals surface area contributed by atoms with Gasteiger partial charge in [-0.25, -0.2) is 0 Å². The van der Waals surface area contributed by atoms with Crippen molar-refractivity contribution in [3.8, 4) is 6.07 Å². The van der Waals surface area contributed by atoms with E-state index >= 15 is 0 Å². The molecule has 0 N–H and O–H groups in total. The number of nitrogens with zero attached hydrogens (tertiary/aromatic N) is 3. The van der Waals surface area contributed by atoms with Crippen molar-refractivity contribution >= 4 is 35.7 Å². The number of anilines is 2. The first-order valence-electron chi connectivity index (χ1n) is 16.2. The van der Waals surface area contributed by atoms with Crippen LogP contribution in [0.1, 0.15) is 107 Å². The van der Waals surface area contributed by atoms with E-state index in [1.807, 2.05) is 12.1 Å². The van der Waals surface area contributed by atoms with Gasteiger partial charge in [0.15, 0.2) is 0 Å². The standard InChI is InChI=1S/C39H51N3/c1-5-9-25-41(26-10-6-2)38-21-17-33(18-22-38)13-15-35-29-36(31-37(30-35)32-40)16-14-34-19-23-39(24-20-34)42(27-11-7-3)28-12-8-4/h13-24,29-31H,5-12,25-28H2,1-4H3/b15-13+,16-14+. The Labute approximate surface area is 256 Å². The fourth-order valence-corrected chi connectivity index (χ4v) is 5.05. The second kappa shape index (κ2) is 18.6. The maximum Gasteiger partial charge on any atom is 0.0992 e. The van der Waals surface area contributed by atoms with Crippen LogP contribution in [0.4, 0.5) is 11.4 Å². The highest BCUT2D eigenvalue weighted by atomic mass is 15.1. The van der Waals surface area contributed by atoms with Crippen molar-refractivity contribution in [2.75, 3.05) is 36.0 Å². The van der Waals surface area contributed by atoms with Gasteiger partial charge in [-0.2, -0.15) is 5.26 Å². The lowest BCUT2D eigenvalue weighted by Crippen LogP contribution is -2.25. The van der Waals surface area contributed by atoms with E-state index < -0.39 is 0 Å². The second-order valence-electron chi connectivity index (χ2n) is 11.2. The number of hydrogen-bond acceptors (Lipinski definition) is 3. The number of hydrogen-bond donors (Lipinski definition) is 0. The largest absolute Gasteiger partial charge is 0.372 e. The van der Waals surface area contributed by atoms with E-state index in [1.54, 1.807) is 0 Å². The van der Waals surface area contributed by atoms with Gasteiger partial charge < -0.3 is 9.80 Å². The minimum Gasteiger partial charge on any atom is -0.372 e. The van der Waals surface area contributed by atoms with Crippen molar-refractivity contribution in [2.45, 2.75) is 79.1 Å². The summed E-state index contributed by atoms with van der Waals surface area (Å²) in [6.07, 6.45) is 18.2. The monoisotopic (exact) mass is 561 g/mol. The second-order valence-corrected chi connectivity index (χ2v) is 11.2. The van der Waals surface area contributed by atoms with E-state index in [2.05, 4.69) is 122 Å². The van der Waals surface area contributed by atoms with Gasteiger partial charge in [-0.1, -0.05) is 102 Å². The van der Waals surface area contributed by atoms with Crippen molar-refractivity contribution < 1.29 is 0 Å². The molecule has 0 aliphatic heterocycles. The summed E-state index contributed by atoms with van der Waals surface area (Å²) in [5.74, 6) is 0. The predicted octanol–water partition coefficient (Wildman–Crippen LogP) is 10.7. The molecule has 3 aromatic carbocycles. The highest BCUT2D eigenvalue weighted by Gasteiger charge is 2.07. The van der Waals surface area contributed by atoms with Crippen molar-refractivity contribution in [3.05, 3.63) is 94.5 Å². The Morgan fingerprint density at radius 3 is 1.14 bits per heavy atom. The molecule has 0 radical (unpaired) electrons. The smallest absolute Gasteiger partial charge is 0.0992 e. The SMILES string of the molecule is CCCCN(CCCC)c1ccc(/C=C/c2cc(C#N)cc(/C=C/c3ccc(N(CCCC)CCCC)cc3)c2)cc1. The zero-order valence-electron chi connectivity index (χ0n) is 26.5. The van der Waals surface area contributed by atoms with Gasteiger partial charge in [0.1, 0.15) is 0 Å². The zero-order valence-corrected chi connectivity index (χ0v) is 26.5. The highest BCUT2D eigenvalue weighted by molar-refractivity contribution is 5.76. The molecule has 0 saturated heterocycles. The third-order valence-electron chi connectivity index (χ3n) is 7.69. The zero-order chi connectivity index (χ0) is 30.0. The van der Waals surface area contributed by atoms with Crippen LogP contribution in [0.25, 0.3) is 24.3 Å². The molecule has 3 aromatic rings. The Morgan fingerprint density at radius 2 is 0.833 bits per heavy atom. The third kappa shape index (κ3) is 10.9. The van der Waals surface area contributed by atoms with E-state index in [0.29, 0.717) is 5.56 Å². The minimum absolute atomic E-state index is 0.674. The van der Waals surface area contributed by atoms with E-state index in [4.69, 9.17) is 0 Å². The van der Waals surface area contributed by atoms with Gasteiger partial charge in [0.25, 0.3) is 0 Å². The maximum atomic E-state index is 9.66. The van der Waals surface area contributed by atoms with Crippen LogP contribution in [0.2, 0.25) is 0 Å². The topological polar surface area (TPSA) is 30.3 Å². The molecule has 0 spiro atoms. The first-order chi connectivity index (χ1) is 20.6. The van der Waals surface area contributed by atoms with Crippen molar-refractivity contribution in [3.63, 3.8) is 0 Å². The first kappa shape index (κ1) is 32.7. The fraction of sp³-hybridized carbons (Fsp3) is 0.410. The summed E-state index contributed by atoms with van der Waals surface area (Å²) in [7, 11) is 0. The quantitative estimate of drug-likeness (QED) is 0.145. The molecule has 3 nitrogen and oxygen atoms in total. The lowest BCUT2D eigenvalue weighted by Gasteiger charge is -2.24. The van der Waals surface area contributed by atoms with E-state index in [0.717, 1.165) is 48.4 Å². The lowest BCUT2D eigenvalue weighted by molar-refractivity contribution is 0.678. The summed E-state index contributed by atoms with van der Waals surface area (Å²) in [6.45, 7) is 13.5. The molecule has 0 heterocycles. The Kier molecular flexibility index (Phi) is 14.5. The van der Waals surface area contributed by atoms with Crippen LogP contribution in [0.15, 0.2) is 66.7 Å². The van der Waals surface area contributed by atoms with Crippen molar-refractivity contribution in [2.24, 2.45) is 0 Å². The Hall–Kier alpha value is -3.77. The molecule has 0 unspecified atom stereocenters. The maximum absolute atomic E-state index is 9.66. The van der Waals surface area contributed by atoms with Gasteiger partial charge in [-0.15, -0.1) is 0 Å². The molecule has 0 aliphatic carbocycles. The average molecular weight is 562 g/mol. The molecule has 222 valence electrons. The Balaban J connectivity index is 1.71. The van der Waals surface area contributed by atoms with Gasteiger partial charge in [0.2, 0.25) is 0 Å². The molecule has 0 saturated carbocycles. The molecule has 0 amide bonds. The summed E-state index contributed by atoms with van der Waals surface area (Å²) in [5.41, 5.74) is 7.66. The van der Waals surface area contributed by atoms with E-state index in [9.17, 15) is 5.26 Å². The van der Waals surface area contributed by atoms with Crippen LogP contribution in [-0.4, -0.2) is 26.2 Å². The molecule has 0 bridgehead atoms. The summed E-state index contributed by atoms with van der Waals surface area (Å²) in [5, 5.41) is 9.66. The van der Waals surface area contributed by atoms with Crippen LogP contribution >= 0.6 is 0 Å². The molecule has 3 rings (SSSR count). The molecular weight excluding hydrogens is 510 g/mol. The Morgan fingerprint density at radius 1 is 0.500 bits per heavy atom. The number of nitriles is 1. The molecule has 0 aliphatic rings. The normalized spacial score (nSPS) is 11.3. The van der Waals surface area contributed by atoms with Gasteiger partial charge in [-0.3, -0.25) is 0 Å². The summed E-state index contributed by atoms with van der Waals surface area (Å²) < 4.78 is 0. The van der Waals surface area contributed by atoms with Gasteiger partial charge >= 0.3 is 0 Å². The number of benzene rings is 3. The molecule has 3 heteroatoms. The minimum atomic E-state index is 0.674. The van der Waals surface area contributed by atoms with Crippen LogP contribution < -0.4 is 9.80 Å². The van der Waals surface area contributed by atoms with Gasteiger partial charge in [0, 0.05) is 37.6 Å². The molecule has 42 heavy (non-hydrogen) atoms. The van der Waals surface area contributed by atoms with Crippen LogP contribution in [-0.2, 0) is 0 Å². The Bertz CT molecular complexity index is 1170. The molecule has 0 aromatic heterocycles. The van der Waals surface area contributed by atoms with Crippen LogP contribution in [0.5, 0.6) is 0 Å². The first-order valence-corrected chi connectivity index (χ1v) is 16.2. The number of rotatable bonds is 18.